The molecule has 0 unspecified atom stereocenters. The van der Waals surface area contributed by atoms with Crippen LogP contribution in [0.1, 0.15) is 12.5 Å². The van der Waals surface area contributed by atoms with Gasteiger partial charge in [-0.15, -0.1) is 11.6 Å². The Morgan fingerprint density at radius 1 is 1.20 bits per heavy atom. The van der Waals surface area contributed by atoms with Crippen molar-refractivity contribution in [2.75, 3.05) is 32.7 Å². The lowest BCUT2D eigenvalue weighted by Crippen LogP contribution is -2.48. The minimum atomic E-state index is -3.46. The Labute approximate surface area is 130 Å². The summed E-state index contributed by atoms with van der Waals surface area (Å²) in [6.07, 6.45) is 0. The fourth-order valence-electron chi connectivity index (χ4n) is 2.23. The summed E-state index contributed by atoms with van der Waals surface area (Å²) < 4.78 is 26.6. The standard InChI is InChI=1S/C13H18Cl2N2O2S/c1-2-16-5-7-17(8-6-16)20(18,19)12-4-3-11(10-14)13(15)9-12/h3-4,9H,2,5-8,10H2,1H3. The minimum absolute atomic E-state index is 0.237. The quantitative estimate of drug-likeness (QED) is 0.792. The maximum Gasteiger partial charge on any atom is 0.243 e. The molecule has 0 atom stereocenters. The Balaban J connectivity index is 2.20. The summed E-state index contributed by atoms with van der Waals surface area (Å²) in [6.45, 7) is 5.60. The Kier molecular flexibility index (Phi) is 5.31. The Bertz CT molecular complexity index is 570. The number of alkyl halides is 1. The van der Waals surface area contributed by atoms with Crippen LogP contribution in [-0.2, 0) is 15.9 Å². The first-order valence-corrected chi connectivity index (χ1v) is 8.91. The molecular formula is C13H18Cl2N2O2S. The zero-order chi connectivity index (χ0) is 14.8. The maximum absolute atomic E-state index is 12.5. The van der Waals surface area contributed by atoms with Gasteiger partial charge in [-0.3, -0.25) is 0 Å². The van der Waals surface area contributed by atoms with E-state index in [2.05, 4.69) is 11.8 Å². The topological polar surface area (TPSA) is 40.6 Å². The summed E-state index contributed by atoms with van der Waals surface area (Å²) >= 11 is 11.8. The Morgan fingerprint density at radius 2 is 1.85 bits per heavy atom. The third-order valence-electron chi connectivity index (χ3n) is 3.58. The summed E-state index contributed by atoms with van der Waals surface area (Å²) in [5.74, 6) is 0.272. The molecule has 7 heteroatoms. The number of hydrogen-bond donors (Lipinski definition) is 0. The average Bonchev–Trinajstić information content (AvgIpc) is 2.47. The largest absolute Gasteiger partial charge is 0.301 e. The van der Waals surface area contributed by atoms with E-state index in [1.807, 2.05) is 0 Å². The van der Waals surface area contributed by atoms with E-state index in [1.165, 1.54) is 10.4 Å². The van der Waals surface area contributed by atoms with Crippen LogP contribution in [0, 0.1) is 0 Å². The second-order valence-corrected chi connectivity index (χ2v) is 7.34. The highest BCUT2D eigenvalue weighted by molar-refractivity contribution is 7.89. The van der Waals surface area contributed by atoms with Gasteiger partial charge in [0.05, 0.1) is 4.90 Å². The summed E-state index contributed by atoms with van der Waals surface area (Å²) in [6, 6.07) is 4.73. The van der Waals surface area contributed by atoms with E-state index < -0.39 is 10.0 Å². The monoisotopic (exact) mass is 336 g/mol. The lowest BCUT2D eigenvalue weighted by molar-refractivity contribution is 0.196. The van der Waals surface area contributed by atoms with Crippen LogP contribution in [0.2, 0.25) is 5.02 Å². The maximum atomic E-state index is 12.5. The molecule has 1 fully saturated rings. The first kappa shape index (κ1) is 16.0. The molecule has 0 radical (unpaired) electrons. The molecule has 0 spiro atoms. The SMILES string of the molecule is CCN1CCN(S(=O)(=O)c2ccc(CCl)c(Cl)c2)CC1. The molecule has 0 aromatic heterocycles. The highest BCUT2D eigenvalue weighted by Gasteiger charge is 2.28. The van der Waals surface area contributed by atoms with E-state index in [0.717, 1.165) is 25.2 Å². The second kappa shape index (κ2) is 6.62. The van der Waals surface area contributed by atoms with Gasteiger partial charge in [0.15, 0.2) is 0 Å². The van der Waals surface area contributed by atoms with E-state index in [4.69, 9.17) is 23.2 Å². The van der Waals surface area contributed by atoms with Crippen LogP contribution in [0.15, 0.2) is 23.1 Å². The highest BCUT2D eigenvalue weighted by Crippen LogP contribution is 2.25. The third kappa shape index (κ3) is 3.28. The van der Waals surface area contributed by atoms with Crippen molar-refractivity contribution >= 4 is 33.2 Å². The van der Waals surface area contributed by atoms with Crippen LogP contribution < -0.4 is 0 Å². The predicted octanol–water partition coefficient (Wildman–Crippen LogP) is 2.41. The summed E-state index contributed by atoms with van der Waals surface area (Å²) in [5.41, 5.74) is 0.739. The number of sulfonamides is 1. The molecule has 0 bridgehead atoms. The number of hydrogen-bond acceptors (Lipinski definition) is 3. The van der Waals surface area contributed by atoms with E-state index in [-0.39, 0.29) is 10.8 Å². The van der Waals surface area contributed by atoms with Gasteiger partial charge in [0.1, 0.15) is 0 Å². The zero-order valence-corrected chi connectivity index (χ0v) is 13.7. The first-order valence-electron chi connectivity index (χ1n) is 6.56. The average molecular weight is 337 g/mol. The van der Waals surface area contributed by atoms with Crippen molar-refractivity contribution in [3.63, 3.8) is 0 Å². The van der Waals surface area contributed by atoms with Crippen molar-refractivity contribution in [2.45, 2.75) is 17.7 Å². The number of piperazine rings is 1. The van der Waals surface area contributed by atoms with E-state index in [0.29, 0.717) is 18.1 Å². The molecule has 0 N–H and O–H groups in total. The molecular weight excluding hydrogens is 319 g/mol. The Morgan fingerprint density at radius 3 is 2.35 bits per heavy atom. The molecule has 0 aliphatic carbocycles. The fraction of sp³-hybridized carbons (Fsp3) is 0.538. The Hall–Kier alpha value is -0.330. The normalized spacial score (nSPS) is 18.4. The first-order chi connectivity index (χ1) is 9.48. The van der Waals surface area contributed by atoms with Crippen LogP contribution in [0.5, 0.6) is 0 Å². The molecule has 0 saturated carbocycles. The van der Waals surface area contributed by atoms with Crippen molar-refractivity contribution in [3.8, 4) is 0 Å². The number of halogens is 2. The van der Waals surface area contributed by atoms with Crippen molar-refractivity contribution < 1.29 is 8.42 Å². The van der Waals surface area contributed by atoms with E-state index in [1.54, 1.807) is 12.1 Å². The van der Waals surface area contributed by atoms with Crippen LogP contribution in [-0.4, -0.2) is 50.3 Å². The molecule has 2 rings (SSSR count). The molecule has 0 amide bonds. The van der Waals surface area contributed by atoms with Gasteiger partial charge in [0.2, 0.25) is 10.0 Å². The van der Waals surface area contributed by atoms with Gasteiger partial charge in [-0.1, -0.05) is 24.6 Å². The van der Waals surface area contributed by atoms with Crippen LogP contribution in [0.25, 0.3) is 0 Å². The molecule has 4 nitrogen and oxygen atoms in total. The summed E-state index contributed by atoms with van der Waals surface area (Å²) in [4.78, 5) is 2.47. The number of benzene rings is 1. The van der Waals surface area contributed by atoms with Crippen molar-refractivity contribution in [1.82, 2.24) is 9.21 Å². The molecule has 1 aliphatic rings. The smallest absolute Gasteiger partial charge is 0.243 e. The molecule has 1 aromatic rings. The molecule has 20 heavy (non-hydrogen) atoms. The van der Waals surface area contributed by atoms with Crippen molar-refractivity contribution in [3.05, 3.63) is 28.8 Å². The number of nitrogens with zero attached hydrogens (tertiary/aromatic N) is 2. The van der Waals surface area contributed by atoms with E-state index >= 15 is 0 Å². The summed E-state index contributed by atoms with van der Waals surface area (Å²) in [7, 11) is -3.46. The van der Waals surface area contributed by atoms with Gasteiger partial charge in [-0.25, -0.2) is 8.42 Å². The highest BCUT2D eigenvalue weighted by atomic mass is 35.5. The molecule has 112 valence electrons. The van der Waals surface area contributed by atoms with Gasteiger partial charge in [-0.2, -0.15) is 4.31 Å². The van der Waals surface area contributed by atoms with Crippen molar-refractivity contribution in [2.24, 2.45) is 0 Å². The van der Waals surface area contributed by atoms with Crippen LogP contribution in [0.4, 0.5) is 0 Å². The van der Waals surface area contributed by atoms with E-state index in [9.17, 15) is 8.42 Å². The van der Waals surface area contributed by atoms with Crippen LogP contribution >= 0.6 is 23.2 Å². The molecule has 1 heterocycles. The number of rotatable bonds is 4. The molecule has 1 aliphatic heterocycles. The second-order valence-electron chi connectivity index (χ2n) is 4.73. The molecule has 1 aromatic carbocycles. The van der Waals surface area contributed by atoms with Crippen LogP contribution in [0.3, 0.4) is 0 Å². The fourth-order valence-corrected chi connectivity index (χ4v) is 4.29. The van der Waals surface area contributed by atoms with Gasteiger partial charge >= 0.3 is 0 Å². The minimum Gasteiger partial charge on any atom is -0.301 e. The van der Waals surface area contributed by atoms with Gasteiger partial charge < -0.3 is 4.90 Å². The lowest BCUT2D eigenvalue weighted by atomic mass is 10.2. The number of likely N-dealkylation sites (N-methyl/N-ethyl adjacent to an activating group) is 1. The van der Waals surface area contributed by atoms with Gasteiger partial charge in [0, 0.05) is 37.1 Å². The van der Waals surface area contributed by atoms with Gasteiger partial charge in [-0.05, 0) is 24.2 Å². The zero-order valence-electron chi connectivity index (χ0n) is 11.3. The third-order valence-corrected chi connectivity index (χ3v) is 6.12. The lowest BCUT2D eigenvalue weighted by Gasteiger charge is -2.33. The van der Waals surface area contributed by atoms with Gasteiger partial charge in [0.25, 0.3) is 0 Å². The molecule has 1 saturated heterocycles. The van der Waals surface area contributed by atoms with Crippen molar-refractivity contribution in [1.29, 1.82) is 0 Å². The predicted molar refractivity (Wildman–Crippen MR) is 81.9 cm³/mol. The summed E-state index contributed by atoms with van der Waals surface area (Å²) in [5, 5.41) is 0.397.